The molecule has 3 aromatic rings. The number of amides is 1. The van der Waals surface area contributed by atoms with E-state index in [0.717, 1.165) is 48.1 Å². The van der Waals surface area contributed by atoms with E-state index >= 15 is 0 Å². The molecule has 1 heterocycles. The summed E-state index contributed by atoms with van der Waals surface area (Å²) in [5.41, 5.74) is 3.17. The lowest BCUT2D eigenvalue weighted by Gasteiger charge is -2.30. The van der Waals surface area contributed by atoms with E-state index in [9.17, 15) is 4.79 Å². The maximum Gasteiger partial charge on any atom is 0.251 e. The largest absolute Gasteiger partial charge is 0.377 e. The Bertz CT molecular complexity index is 1130. The number of nitrogens with zero attached hydrogens (tertiary/aromatic N) is 3. The predicted molar refractivity (Wildman–Crippen MR) is 124 cm³/mol. The van der Waals surface area contributed by atoms with Crippen LogP contribution < -0.4 is 15.5 Å². The number of carbonyl (C=O) groups excluding carboxylic acids is 1. The molecule has 1 aliphatic carbocycles. The summed E-state index contributed by atoms with van der Waals surface area (Å²) in [5, 5.41) is 16.9. The molecular weight excluding hydrogens is 386 g/mol. The van der Waals surface area contributed by atoms with E-state index in [-0.39, 0.29) is 11.9 Å². The van der Waals surface area contributed by atoms with Gasteiger partial charge in [0.15, 0.2) is 0 Å². The molecule has 158 valence electrons. The van der Waals surface area contributed by atoms with Gasteiger partial charge in [0, 0.05) is 48.9 Å². The fourth-order valence-electron chi connectivity index (χ4n) is 4.19. The van der Waals surface area contributed by atoms with Crippen LogP contribution in [0.1, 0.15) is 41.6 Å². The van der Waals surface area contributed by atoms with Gasteiger partial charge in [-0.3, -0.25) is 4.79 Å². The number of para-hydroxylation sites is 1. The zero-order valence-electron chi connectivity index (χ0n) is 17.9. The lowest BCUT2D eigenvalue weighted by molar-refractivity contribution is 0.0926. The van der Waals surface area contributed by atoms with Crippen molar-refractivity contribution in [3.8, 4) is 6.07 Å². The van der Waals surface area contributed by atoms with Gasteiger partial charge in [-0.05, 0) is 49.9 Å². The van der Waals surface area contributed by atoms with Crippen LogP contribution in [0, 0.1) is 11.3 Å². The van der Waals surface area contributed by atoms with Gasteiger partial charge >= 0.3 is 0 Å². The van der Waals surface area contributed by atoms with Crippen molar-refractivity contribution in [3.63, 3.8) is 0 Å². The summed E-state index contributed by atoms with van der Waals surface area (Å²) in [7, 11) is 4.09. The fraction of sp³-hybridized carbons (Fsp3) is 0.320. The van der Waals surface area contributed by atoms with E-state index < -0.39 is 0 Å². The molecule has 0 saturated heterocycles. The minimum Gasteiger partial charge on any atom is -0.377 e. The zero-order chi connectivity index (χ0) is 21.8. The van der Waals surface area contributed by atoms with Gasteiger partial charge in [-0.15, -0.1) is 0 Å². The molecule has 0 atom stereocenters. The van der Waals surface area contributed by atoms with Gasteiger partial charge in [-0.25, -0.2) is 4.98 Å². The number of nitrogens with one attached hydrogen (secondary N) is 2. The Labute approximate surface area is 182 Å². The molecule has 1 aromatic heterocycles. The molecule has 31 heavy (non-hydrogen) atoms. The monoisotopic (exact) mass is 413 g/mol. The highest BCUT2D eigenvalue weighted by molar-refractivity contribution is 5.95. The Morgan fingerprint density at radius 1 is 1.03 bits per heavy atom. The molecule has 6 nitrogen and oxygen atoms in total. The number of hydrogen-bond acceptors (Lipinski definition) is 5. The third-order valence-corrected chi connectivity index (χ3v) is 5.84. The zero-order valence-corrected chi connectivity index (χ0v) is 17.9. The summed E-state index contributed by atoms with van der Waals surface area (Å²) in [6.07, 6.45) is 3.76. The molecule has 0 unspecified atom stereocenters. The molecule has 0 spiro atoms. The van der Waals surface area contributed by atoms with Crippen molar-refractivity contribution in [1.82, 2.24) is 10.3 Å². The van der Waals surface area contributed by atoms with Gasteiger partial charge in [0.2, 0.25) is 0 Å². The highest BCUT2D eigenvalue weighted by Gasteiger charge is 2.23. The van der Waals surface area contributed by atoms with Crippen LogP contribution in [0.4, 0.5) is 11.5 Å². The summed E-state index contributed by atoms with van der Waals surface area (Å²) < 4.78 is 0. The normalized spacial score (nSPS) is 18.2. The van der Waals surface area contributed by atoms with Crippen LogP contribution in [0.3, 0.4) is 0 Å². The van der Waals surface area contributed by atoms with E-state index in [4.69, 9.17) is 10.2 Å². The Kier molecular flexibility index (Phi) is 6.03. The van der Waals surface area contributed by atoms with Crippen molar-refractivity contribution in [3.05, 3.63) is 65.7 Å². The summed E-state index contributed by atoms with van der Waals surface area (Å²) in [6.45, 7) is 0. The van der Waals surface area contributed by atoms with Crippen LogP contribution in [0.2, 0.25) is 0 Å². The summed E-state index contributed by atoms with van der Waals surface area (Å²) >= 11 is 0. The summed E-state index contributed by atoms with van der Waals surface area (Å²) in [5.74, 6) is 0.781. The molecule has 0 aliphatic heterocycles. The third kappa shape index (κ3) is 4.77. The van der Waals surface area contributed by atoms with Gasteiger partial charge in [0.05, 0.1) is 17.1 Å². The van der Waals surface area contributed by atoms with Crippen molar-refractivity contribution in [1.29, 1.82) is 5.26 Å². The molecule has 1 saturated carbocycles. The van der Waals surface area contributed by atoms with Crippen LogP contribution in [0.25, 0.3) is 10.9 Å². The Hall–Kier alpha value is -3.59. The van der Waals surface area contributed by atoms with Crippen molar-refractivity contribution >= 4 is 28.3 Å². The first-order valence-electron chi connectivity index (χ1n) is 10.7. The first-order chi connectivity index (χ1) is 15.0. The van der Waals surface area contributed by atoms with E-state index in [1.807, 2.05) is 32.3 Å². The van der Waals surface area contributed by atoms with Gasteiger partial charge < -0.3 is 15.5 Å². The van der Waals surface area contributed by atoms with E-state index in [2.05, 4.69) is 33.7 Å². The number of benzene rings is 2. The lowest BCUT2D eigenvalue weighted by Crippen LogP contribution is -2.40. The predicted octanol–water partition coefficient (Wildman–Crippen LogP) is 4.33. The smallest absolute Gasteiger partial charge is 0.251 e. The van der Waals surface area contributed by atoms with E-state index in [0.29, 0.717) is 17.2 Å². The summed E-state index contributed by atoms with van der Waals surface area (Å²) in [6, 6.07) is 19.7. The number of nitriles is 1. The highest BCUT2D eigenvalue weighted by atomic mass is 16.1. The first kappa shape index (κ1) is 20.7. The van der Waals surface area contributed by atoms with Gasteiger partial charge in [0.25, 0.3) is 5.91 Å². The lowest BCUT2D eigenvalue weighted by atomic mass is 9.91. The minimum atomic E-state index is -0.111. The Morgan fingerprint density at radius 3 is 2.52 bits per heavy atom. The number of aromatic nitrogens is 1. The maximum atomic E-state index is 12.5. The summed E-state index contributed by atoms with van der Waals surface area (Å²) in [4.78, 5) is 19.4. The van der Waals surface area contributed by atoms with Crippen molar-refractivity contribution in [2.75, 3.05) is 24.3 Å². The van der Waals surface area contributed by atoms with Crippen LogP contribution in [-0.2, 0) is 0 Å². The third-order valence-electron chi connectivity index (χ3n) is 5.84. The second-order valence-electron chi connectivity index (χ2n) is 8.30. The van der Waals surface area contributed by atoms with E-state index in [1.54, 1.807) is 24.3 Å². The molecule has 2 aromatic carbocycles. The number of carbonyl (C=O) groups is 1. The molecule has 0 radical (unpaired) electrons. The Morgan fingerprint density at radius 2 is 1.77 bits per heavy atom. The quantitative estimate of drug-likeness (QED) is 0.651. The minimum absolute atomic E-state index is 0.111. The maximum absolute atomic E-state index is 12.5. The van der Waals surface area contributed by atoms with Gasteiger partial charge in [-0.2, -0.15) is 5.26 Å². The van der Waals surface area contributed by atoms with Crippen LogP contribution in [0.5, 0.6) is 0 Å². The van der Waals surface area contributed by atoms with Gasteiger partial charge in [0.1, 0.15) is 5.82 Å². The van der Waals surface area contributed by atoms with Crippen LogP contribution in [0.15, 0.2) is 54.6 Å². The standard InChI is InChI=1S/C25H27N5O/c1-30(2)23-15-24(29-22-9-4-3-8-21(22)23)27-19-10-12-20(13-11-19)28-25(31)18-7-5-6-17(14-18)16-26/h3-9,14-15,19-20H,10-13H2,1-2H3,(H,27,29)(H,28,31). The number of pyridine rings is 1. The van der Waals surface area contributed by atoms with Crippen LogP contribution in [-0.4, -0.2) is 37.1 Å². The molecule has 1 amide bonds. The molecule has 4 rings (SSSR count). The molecule has 0 bridgehead atoms. The van der Waals surface area contributed by atoms with Crippen molar-refractivity contribution in [2.24, 2.45) is 0 Å². The van der Waals surface area contributed by atoms with Gasteiger partial charge in [-0.1, -0.05) is 24.3 Å². The molecule has 1 aliphatic rings. The number of fused-ring (bicyclic) bond motifs is 1. The molecular formula is C25H27N5O. The second kappa shape index (κ2) is 9.05. The molecule has 6 heteroatoms. The van der Waals surface area contributed by atoms with E-state index in [1.165, 1.54) is 0 Å². The molecule has 2 N–H and O–H groups in total. The van der Waals surface area contributed by atoms with Crippen LogP contribution >= 0.6 is 0 Å². The number of hydrogen-bond donors (Lipinski definition) is 2. The highest BCUT2D eigenvalue weighted by Crippen LogP contribution is 2.29. The average Bonchev–Trinajstić information content (AvgIpc) is 2.79. The average molecular weight is 414 g/mol. The van der Waals surface area contributed by atoms with Crippen molar-refractivity contribution < 1.29 is 4.79 Å². The topological polar surface area (TPSA) is 81.0 Å². The first-order valence-corrected chi connectivity index (χ1v) is 10.7. The molecule has 1 fully saturated rings. The number of rotatable bonds is 5. The number of anilines is 2. The van der Waals surface area contributed by atoms with Crippen molar-refractivity contribution in [2.45, 2.75) is 37.8 Å². The Balaban J connectivity index is 1.37. The SMILES string of the molecule is CN(C)c1cc(NC2CCC(NC(=O)c3cccc(C#N)c3)CC2)nc2ccccc12. The fourth-order valence-corrected chi connectivity index (χ4v) is 4.19. The second-order valence-corrected chi connectivity index (χ2v) is 8.30.